The normalized spacial score (nSPS) is 10.7. The third-order valence-electron chi connectivity index (χ3n) is 4.31. The van der Waals surface area contributed by atoms with Gasteiger partial charge in [-0.25, -0.2) is 9.97 Å². The smallest absolute Gasteiger partial charge is 0.276 e. The van der Waals surface area contributed by atoms with Crippen LogP contribution in [0, 0.1) is 6.92 Å². The average Bonchev–Trinajstić information content (AvgIpc) is 3.35. The second kappa shape index (κ2) is 7.47. The molecule has 9 heteroatoms. The number of ether oxygens (including phenoxy) is 1. The van der Waals surface area contributed by atoms with Crippen molar-refractivity contribution in [3.63, 3.8) is 0 Å². The summed E-state index contributed by atoms with van der Waals surface area (Å²) in [6.45, 7) is 1.92. The molecule has 0 aliphatic rings. The first-order valence-corrected chi connectivity index (χ1v) is 8.80. The lowest BCUT2D eigenvalue weighted by atomic mass is 10.2. The molecule has 29 heavy (non-hydrogen) atoms. The Bertz CT molecular complexity index is 1180. The summed E-state index contributed by atoms with van der Waals surface area (Å²) in [6, 6.07) is 12.8. The highest BCUT2D eigenvalue weighted by molar-refractivity contribution is 6.13. The summed E-state index contributed by atoms with van der Waals surface area (Å²) in [6.07, 6.45) is 1.29. The van der Waals surface area contributed by atoms with Gasteiger partial charge in [-0.3, -0.25) is 14.9 Å². The maximum Gasteiger partial charge on any atom is 0.276 e. The number of nitrogens with zero attached hydrogens (tertiary/aromatic N) is 2. The lowest BCUT2D eigenvalue weighted by Gasteiger charge is -2.10. The molecule has 0 saturated carbocycles. The number of aromatic amines is 2. The number of hydrogen-bond donors (Lipinski definition) is 4. The molecule has 2 aromatic carbocycles. The van der Waals surface area contributed by atoms with Gasteiger partial charge in [0.2, 0.25) is 5.95 Å². The van der Waals surface area contributed by atoms with Gasteiger partial charge in [-0.1, -0.05) is 18.2 Å². The number of carbonyl (C=O) groups excluding carboxylic acids is 2. The number of carbonyl (C=O) groups is 2. The molecule has 0 unspecified atom stereocenters. The van der Waals surface area contributed by atoms with E-state index < -0.39 is 11.8 Å². The first-order valence-electron chi connectivity index (χ1n) is 8.80. The third-order valence-corrected chi connectivity index (χ3v) is 4.31. The Morgan fingerprint density at radius 2 is 1.90 bits per heavy atom. The minimum absolute atomic E-state index is 0.0223. The molecule has 146 valence electrons. The highest BCUT2D eigenvalue weighted by Gasteiger charge is 2.22. The van der Waals surface area contributed by atoms with Gasteiger partial charge >= 0.3 is 0 Å². The molecular weight excluding hydrogens is 372 g/mol. The van der Waals surface area contributed by atoms with E-state index in [-0.39, 0.29) is 17.3 Å². The van der Waals surface area contributed by atoms with Gasteiger partial charge in [-0.15, -0.1) is 0 Å². The SMILES string of the molecule is COc1cc(C)ccc1NC(=O)c1nc[nH]c1C(=O)Nc1nc2ccccc2[nH]1. The molecule has 2 amide bonds. The molecule has 0 saturated heterocycles. The number of methoxy groups -OCH3 is 1. The molecule has 2 heterocycles. The van der Waals surface area contributed by atoms with Gasteiger partial charge in [0.1, 0.15) is 11.4 Å². The van der Waals surface area contributed by atoms with Crippen LogP contribution < -0.4 is 15.4 Å². The number of para-hydroxylation sites is 2. The molecule has 0 radical (unpaired) electrons. The van der Waals surface area contributed by atoms with Crippen LogP contribution in [-0.2, 0) is 0 Å². The van der Waals surface area contributed by atoms with E-state index in [1.165, 1.54) is 13.4 Å². The van der Waals surface area contributed by atoms with Gasteiger partial charge < -0.3 is 20.0 Å². The predicted molar refractivity (Wildman–Crippen MR) is 108 cm³/mol. The molecule has 0 aliphatic carbocycles. The zero-order chi connectivity index (χ0) is 20.4. The maximum absolute atomic E-state index is 12.7. The molecule has 2 aromatic heterocycles. The van der Waals surface area contributed by atoms with Crippen molar-refractivity contribution in [1.82, 2.24) is 19.9 Å². The van der Waals surface area contributed by atoms with E-state index in [4.69, 9.17) is 4.74 Å². The van der Waals surface area contributed by atoms with E-state index in [0.717, 1.165) is 16.6 Å². The van der Waals surface area contributed by atoms with E-state index in [2.05, 4.69) is 30.6 Å². The largest absolute Gasteiger partial charge is 0.495 e. The van der Waals surface area contributed by atoms with Crippen LogP contribution in [0.15, 0.2) is 48.8 Å². The zero-order valence-corrected chi connectivity index (χ0v) is 15.7. The van der Waals surface area contributed by atoms with E-state index >= 15 is 0 Å². The van der Waals surface area contributed by atoms with Gasteiger partial charge in [0.25, 0.3) is 11.8 Å². The highest BCUT2D eigenvalue weighted by Crippen LogP contribution is 2.26. The second-order valence-corrected chi connectivity index (χ2v) is 6.34. The minimum Gasteiger partial charge on any atom is -0.495 e. The first-order chi connectivity index (χ1) is 14.0. The number of rotatable bonds is 5. The fraction of sp³-hybridized carbons (Fsp3) is 0.100. The standard InChI is InChI=1S/C20H18N6O3/c1-11-7-8-14(15(9-11)29-2)23-18(27)16-17(22-10-21-16)19(28)26-20-24-12-5-3-4-6-13(12)25-20/h3-10H,1-2H3,(H,21,22)(H,23,27)(H2,24,25,26,28). The van der Waals surface area contributed by atoms with Crippen molar-refractivity contribution >= 4 is 34.5 Å². The van der Waals surface area contributed by atoms with Crippen LogP contribution in [-0.4, -0.2) is 38.9 Å². The van der Waals surface area contributed by atoms with Crippen molar-refractivity contribution in [2.24, 2.45) is 0 Å². The van der Waals surface area contributed by atoms with Crippen LogP contribution in [0.1, 0.15) is 26.5 Å². The van der Waals surface area contributed by atoms with Crippen molar-refractivity contribution in [1.29, 1.82) is 0 Å². The maximum atomic E-state index is 12.7. The lowest BCUT2D eigenvalue weighted by molar-refractivity contribution is 0.0985. The minimum atomic E-state index is -0.539. The zero-order valence-electron chi connectivity index (χ0n) is 15.7. The number of nitrogens with one attached hydrogen (secondary N) is 4. The number of hydrogen-bond acceptors (Lipinski definition) is 5. The molecular formula is C20H18N6O3. The third kappa shape index (κ3) is 3.65. The van der Waals surface area contributed by atoms with Crippen LogP contribution in [0.25, 0.3) is 11.0 Å². The number of benzene rings is 2. The van der Waals surface area contributed by atoms with Gasteiger partial charge in [0, 0.05) is 0 Å². The van der Waals surface area contributed by atoms with E-state index in [1.54, 1.807) is 12.1 Å². The molecule has 4 aromatic rings. The Hall–Kier alpha value is -4.14. The highest BCUT2D eigenvalue weighted by atomic mass is 16.5. The Morgan fingerprint density at radius 3 is 2.69 bits per heavy atom. The number of aromatic nitrogens is 4. The van der Waals surface area contributed by atoms with Gasteiger partial charge in [-0.2, -0.15) is 0 Å². The van der Waals surface area contributed by atoms with Gasteiger partial charge in [0.05, 0.1) is 30.2 Å². The fourth-order valence-corrected chi connectivity index (χ4v) is 2.90. The van der Waals surface area contributed by atoms with Gasteiger partial charge in [-0.05, 0) is 36.8 Å². The molecule has 0 fully saturated rings. The molecule has 4 N–H and O–H groups in total. The summed E-state index contributed by atoms with van der Waals surface area (Å²) in [5.74, 6) is -0.287. The van der Waals surface area contributed by atoms with Crippen LogP contribution >= 0.6 is 0 Å². The van der Waals surface area contributed by atoms with Crippen LogP contribution in [0.5, 0.6) is 5.75 Å². The number of anilines is 2. The predicted octanol–water partition coefficient (Wildman–Crippen LogP) is 3.11. The Labute approximate surface area is 165 Å². The van der Waals surface area contributed by atoms with Crippen molar-refractivity contribution in [2.45, 2.75) is 6.92 Å². The summed E-state index contributed by atoms with van der Waals surface area (Å²) in [5, 5.41) is 5.36. The summed E-state index contributed by atoms with van der Waals surface area (Å²) < 4.78 is 5.30. The first kappa shape index (κ1) is 18.2. The lowest BCUT2D eigenvalue weighted by Crippen LogP contribution is -2.21. The topological polar surface area (TPSA) is 125 Å². The van der Waals surface area contributed by atoms with Crippen molar-refractivity contribution in [2.75, 3.05) is 17.7 Å². The number of aryl methyl sites for hydroxylation is 1. The fourth-order valence-electron chi connectivity index (χ4n) is 2.90. The van der Waals surface area contributed by atoms with E-state index in [0.29, 0.717) is 11.4 Å². The van der Waals surface area contributed by atoms with Crippen LogP contribution in [0.3, 0.4) is 0 Å². The number of H-pyrrole nitrogens is 2. The molecule has 0 bridgehead atoms. The molecule has 0 atom stereocenters. The Balaban J connectivity index is 1.54. The Kier molecular flexibility index (Phi) is 4.70. The molecule has 0 spiro atoms. The summed E-state index contributed by atoms with van der Waals surface area (Å²) in [5.41, 5.74) is 2.96. The summed E-state index contributed by atoms with van der Waals surface area (Å²) in [4.78, 5) is 39.3. The van der Waals surface area contributed by atoms with Crippen molar-refractivity contribution in [3.8, 4) is 5.75 Å². The molecule has 9 nitrogen and oxygen atoms in total. The molecule has 0 aliphatic heterocycles. The number of imidazole rings is 2. The van der Waals surface area contributed by atoms with Crippen LogP contribution in [0.2, 0.25) is 0 Å². The summed E-state index contributed by atoms with van der Waals surface area (Å²) >= 11 is 0. The van der Waals surface area contributed by atoms with E-state index in [9.17, 15) is 9.59 Å². The van der Waals surface area contributed by atoms with Gasteiger partial charge in [0.15, 0.2) is 5.69 Å². The average molecular weight is 390 g/mol. The van der Waals surface area contributed by atoms with Crippen molar-refractivity contribution < 1.29 is 14.3 Å². The van der Waals surface area contributed by atoms with Crippen LogP contribution in [0.4, 0.5) is 11.6 Å². The van der Waals surface area contributed by atoms with Crippen molar-refractivity contribution in [3.05, 3.63) is 65.7 Å². The quantitative estimate of drug-likeness (QED) is 0.417. The summed E-state index contributed by atoms with van der Waals surface area (Å²) in [7, 11) is 1.52. The number of fused-ring (bicyclic) bond motifs is 1. The number of amides is 2. The van der Waals surface area contributed by atoms with E-state index in [1.807, 2.05) is 37.3 Å². The second-order valence-electron chi connectivity index (χ2n) is 6.34. The monoisotopic (exact) mass is 390 g/mol. The Morgan fingerprint density at radius 1 is 1.07 bits per heavy atom. The molecule has 4 rings (SSSR count).